The monoisotopic (exact) mass is 416 g/mol. The molecule has 0 bridgehead atoms. The van der Waals surface area contributed by atoms with Gasteiger partial charge in [-0.2, -0.15) is 0 Å². The van der Waals surface area contributed by atoms with Gasteiger partial charge in [0.05, 0.1) is 0 Å². The van der Waals surface area contributed by atoms with Crippen molar-refractivity contribution in [3.05, 3.63) is 71.8 Å². The molecule has 0 fully saturated rings. The average molecular weight is 417 g/mol. The van der Waals surface area contributed by atoms with Crippen LogP contribution in [0.5, 0.6) is 0 Å². The van der Waals surface area contributed by atoms with Crippen LogP contribution in [0.1, 0.15) is 20.7 Å². The lowest BCUT2D eigenvalue weighted by molar-refractivity contribution is -0.125. The van der Waals surface area contributed by atoms with Gasteiger partial charge in [-0.1, -0.05) is 36.4 Å². The average Bonchev–Trinajstić information content (AvgIpc) is 2.70. The van der Waals surface area contributed by atoms with Crippen LogP contribution in [0.25, 0.3) is 0 Å². The van der Waals surface area contributed by atoms with E-state index in [1.54, 1.807) is 24.3 Å². The molecule has 2 aromatic carbocycles. The molecular weight excluding hydrogens is 388 g/mol. The van der Waals surface area contributed by atoms with Gasteiger partial charge in [0.15, 0.2) is 0 Å². The summed E-state index contributed by atoms with van der Waals surface area (Å²) in [5, 5.41) is 5.82. The van der Waals surface area contributed by atoms with E-state index in [2.05, 4.69) is 10.6 Å². The van der Waals surface area contributed by atoms with Gasteiger partial charge in [0.25, 0.3) is 11.8 Å². The van der Waals surface area contributed by atoms with Crippen LogP contribution in [-0.4, -0.2) is 40.8 Å². The fraction of sp³-hybridized carbons (Fsp3) is 0.300. The SMILES string of the molecule is C[Si](C)(CNC(=O)c1ccccc1)OO[Si](C)(C)CNC(=O)c1ccccc1. The van der Waals surface area contributed by atoms with Gasteiger partial charge in [-0.3, -0.25) is 18.7 Å². The van der Waals surface area contributed by atoms with E-state index >= 15 is 0 Å². The molecule has 28 heavy (non-hydrogen) atoms. The predicted octanol–water partition coefficient (Wildman–Crippen LogP) is 3.28. The Kier molecular flexibility index (Phi) is 7.70. The zero-order valence-corrected chi connectivity index (χ0v) is 18.8. The zero-order valence-electron chi connectivity index (χ0n) is 16.8. The minimum atomic E-state index is -2.26. The fourth-order valence-electron chi connectivity index (χ4n) is 2.25. The van der Waals surface area contributed by atoms with E-state index in [4.69, 9.17) is 9.15 Å². The highest BCUT2D eigenvalue weighted by Crippen LogP contribution is 2.11. The zero-order chi connectivity index (χ0) is 20.6. The number of hydrogen-bond acceptors (Lipinski definition) is 4. The van der Waals surface area contributed by atoms with Crippen LogP contribution in [0.15, 0.2) is 60.7 Å². The van der Waals surface area contributed by atoms with Gasteiger partial charge in [0, 0.05) is 23.5 Å². The molecule has 0 atom stereocenters. The number of nitrogens with one attached hydrogen (secondary N) is 2. The van der Waals surface area contributed by atoms with Crippen molar-refractivity contribution in [3.63, 3.8) is 0 Å². The highest BCUT2D eigenvalue weighted by molar-refractivity contribution is 6.74. The van der Waals surface area contributed by atoms with Crippen LogP contribution in [0, 0.1) is 0 Å². The summed E-state index contributed by atoms with van der Waals surface area (Å²) in [6.07, 6.45) is 0.864. The first-order valence-electron chi connectivity index (χ1n) is 9.22. The minimum absolute atomic E-state index is 0.128. The molecule has 0 heterocycles. The van der Waals surface area contributed by atoms with Crippen molar-refractivity contribution in [1.29, 1.82) is 0 Å². The molecule has 2 rings (SSSR count). The molecule has 0 aliphatic carbocycles. The Balaban J connectivity index is 1.78. The van der Waals surface area contributed by atoms with E-state index in [1.807, 2.05) is 62.6 Å². The topological polar surface area (TPSA) is 76.7 Å². The molecule has 0 unspecified atom stereocenters. The third kappa shape index (κ3) is 7.39. The number of carbonyl (C=O) groups is 2. The quantitative estimate of drug-likeness (QED) is 0.374. The third-order valence-corrected chi connectivity index (χ3v) is 7.21. The van der Waals surface area contributed by atoms with E-state index in [1.165, 1.54) is 0 Å². The summed E-state index contributed by atoms with van der Waals surface area (Å²) in [5.41, 5.74) is 1.23. The van der Waals surface area contributed by atoms with Gasteiger partial charge < -0.3 is 10.6 Å². The van der Waals surface area contributed by atoms with Crippen LogP contribution < -0.4 is 10.6 Å². The van der Waals surface area contributed by atoms with Gasteiger partial charge in [0.1, 0.15) is 0 Å². The van der Waals surface area contributed by atoms with Crippen LogP contribution in [-0.2, 0) is 9.15 Å². The summed E-state index contributed by atoms with van der Waals surface area (Å²) >= 11 is 0. The lowest BCUT2D eigenvalue weighted by Crippen LogP contribution is -2.51. The molecule has 2 N–H and O–H groups in total. The second-order valence-corrected chi connectivity index (χ2v) is 15.9. The molecule has 0 saturated heterocycles. The van der Waals surface area contributed by atoms with Crippen molar-refractivity contribution in [3.8, 4) is 0 Å². The van der Waals surface area contributed by atoms with Gasteiger partial charge in [0.2, 0.25) is 16.6 Å². The smallest absolute Gasteiger partial charge is 0.251 e. The molecule has 6 nitrogen and oxygen atoms in total. The number of rotatable bonds is 9. The number of carbonyl (C=O) groups excluding carboxylic acids is 2. The standard InChI is InChI=1S/C20H28N2O4Si2/c1-27(2,15-21-19(23)17-11-7-5-8-12-17)25-26-28(3,4)16-22-20(24)18-13-9-6-10-14-18/h5-14H,15-16H2,1-4H3,(H,21,23)(H,22,24). The number of hydrogen-bond donors (Lipinski definition) is 2. The fourth-order valence-corrected chi connectivity index (χ4v) is 5.35. The van der Waals surface area contributed by atoms with Crippen LogP contribution >= 0.6 is 0 Å². The Morgan fingerprint density at radius 3 is 1.32 bits per heavy atom. The summed E-state index contributed by atoms with van der Waals surface area (Å²) in [6, 6.07) is 18.1. The normalized spacial score (nSPS) is 11.7. The molecule has 0 aromatic heterocycles. The van der Waals surface area contributed by atoms with Crippen molar-refractivity contribution in [1.82, 2.24) is 10.6 Å². The maximum Gasteiger partial charge on any atom is 0.251 e. The molecule has 2 aromatic rings. The summed E-state index contributed by atoms with van der Waals surface area (Å²) in [4.78, 5) is 24.4. The molecule has 8 heteroatoms. The molecule has 150 valence electrons. The van der Waals surface area contributed by atoms with E-state index < -0.39 is 16.6 Å². The molecule has 0 spiro atoms. The Morgan fingerprint density at radius 2 is 1.00 bits per heavy atom. The lowest BCUT2D eigenvalue weighted by Gasteiger charge is -2.28. The molecule has 0 aliphatic rings. The van der Waals surface area contributed by atoms with Crippen molar-refractivity contribution < 1.29 is 18.7 Å². The van der Waals surface area contributed by atoms with Crippen molar-refractivity contribution in [2.75, 3.05) is 12.3 Å². The van der Waals surface area contributed by atoms with Crippen molar-refractivity contribution in [2.24, 2.45) is 0 Å². The van der Waals surface area contributed by atoms with Crippen molar-refractivity contribution >= 4 is 28.4 Å². The Hall–Kier alpha value is -2.27. The highest BCUT2D eigenvalue weighted by Gasteiger charge is 2.32. The highest BCUT2D eigenvalue weighted by atomic mass is 28.4. The van der Waals surface area contributed by atoms with Gasteiger partial charge in [-0.25, -0.2) is 0 Å². The molecular formula is C20H28N2O4Si2. The van der Waals surface area contributed by atoms with Crippen LogP contribution in [0.2, 0.25) is 26.2 Å². The van der Waals surface area contributed by atoms with Crippen LogP contribution in [0.3, 0.4) is 0 Å². The number of benzene rings is 2. The summed E-state index contributed by atoms with van der Waals surface area (Å²) in [7, 11) is -4.52. The maximum absolute atomic E-state index is 12.2. The Morgan fingerprint density at radius 1 is 0.679 bits per heavy atom. The first kappa shape index (κ1) is 22.0. The van der Waals surface area contributed by atoms with Gasteiger partial charge >= 0.3 is 0 Å². The second-order valence-electron chi connectivity index (χ2n) is 7.78. The second kappa shape index (κ2) is 9.79. The predicted molar refractivity (Wildman–Crippen MR) is 115 cm³/mol. The summed E-state index contributed by atoms with van der Waals surface area (Å²) in [5.74, 6) is -0.257. The van der Waals surface area contributed by atoms with Gasteiger partial charge in [-0.05, 0) is 50.5 Å². The van der Waals surface area contributed by atoms with Crippen LogP contribution in [0.4, 0.5) is 0 Å². The lowest BCUT2D eigenvalue weighted by atomic mass is 10.2. The first-order valence-corrected chi connectivity index (χ1v) is 15.4. The molecule has 0 saturated carbocycles. The molecule has 0 radical (unpaired) electrons. The minimum Gasteiger partial charge on any atom is -0.352 e. The van der Waals surface area contributed by atoms with E-state index in [-0.39, 0.29) is 11.8 Å². The molecule has 2 amide bonds. The summed E-state index contributed by atoms with van der Waals surface area (Å²) in [6.45, 7) is 7.91. The first-order chi connectivity index (χ1) is 13.2. The van der Waals surface area contributed by atoms with E-state index in [9.17, 15) is 9.59 Å². The maximum atomic E-state index is 12.2. The van der Waals surface area contributed by atoms with E-state index in [0.29, 0.717) is 23.5 Å². The number of amides is 2. The third-order valence-electron chi connectivity index (χ3n) is 3.91. The van der Waals surface area contributed by atoms with E-state index in [0.717, 1.165) is 0 Å². The van der Waals surface area contributed by atoms with Crippen molar-refractivity contribution in [2.45, 2.75) is 26.2 Å². The Bertz CT molecular complexity index is 716. The summed E-state index contributed by atoms with van der Waals surface area (Å²) < 4.78 is 11.5. The van der Waals surface area contributed by atoms with Gasteiger partial charge in [-0.15, -0.1) is 0 Å². The largest absolute Gasteiger partial charge is 0.352 e. The Labute approximate surface area is 168 Å². The molecule has 0 aliphatic heterocycles.